The van der Waals surface area contributed by atoms with Crippen LogP contribution < -0.4 is 11.5 Å². The van der Waals surface area contributed by atoms with E-state index < -0.39 is 0 Å². The first-order chi connectivity index (χ1) is 7.51. The Bertz CT molecular complexity index is 359. The molecule has 1 aromatic carbocycles. The minimum Gasteiger partial charge on any atom is -0.330 e. The normalized spacial score (nSPS) is 13.2. The second kappa shape index (κ2) is 5.67. The number of rotatable bonds is 4. The summed E-state index contributed by atoms with van der Waals surface area (Å²) in [6, 6.07) is 4.17. The van der Waals surface area contributed by atoms with Crippen molar-refractivity contribution >= 4 is 11.6 Å². The SMILES string of the molecule is Cc1cc(Cl)c(C(C)C(CN)CN)cc1C. The van der Waals surface area contributed by atoms with Crippen LogP contribution in [0.1, 0.15) is 29.5 Å². The molecule has 1 atom stereocenters. The topological polar surface area (TPSA) is 52.0 Å². The van der Waals surface area contributed by atoms with Crippen LogP contribution in [0.25, 0.3) is 0 Å². The van der Waals surface area contributed by atoms with Gasteiger partial charge < -0.3 is 11.5 Å². The van der Waals surface area contributed by atoms with E-state index in [1.165, 1.54) is 11.1 Å². The molecule has 0 saturated heterocycles. The maximum absolute atomic E-state index is 6.27. The van der Waals surface area contributed by atoms with Crippen molar-refractivity contribution in [1.29, 1.82) is 0 Å². The summed E-state index contributed by atoms with van der Waals surface area (Å²) in [6.07, 6.45) is 0. The van der Waals surface area contributed by atoms with Gasteiger partial charge in [-0.2, -0.15) is 0 Å². The van der Waals surface area contributed by atoms with E-state index >= 15 is 0 Å². The number of benzene rings is 1. The van der Waals surface area contributed by atoms with Crippen LogP contribution in [-0.2, 0) is 0 Å². The Kier molecular flexibility index (Phi) is 4.78. The number of halogens is 1. The summed E-state index contributed by atoms with van der Waals surface area (Å²) >= 11 is 6.27. The minimum absolute atomic E-state index is 0.291. The lowest BCUT2D eigenvalue weighted by Gasteiger charge is -2.23. The van der Waals surface area contributed by atoms with Gasteiger partial charge in [0.1, 0.15) is 0 Å². The van der Waals surface area contributed by atoms with Crippen LogP contribution in [0.15, 0.2) is 12.1 Å². The van der Waals surface area contributed by atoms with E-state index in [2.05, 4.69) is 26.8 Å². The van der Waals surface area contributed by atoms with Gasteiger partial charge in [-0.3, -0.25) is 0 Å². The molecule has 4 N–H and O–H groups in total. The summed E-state index contributed by atoms with van der Waals surface area (Å²) in [5.41, 5.74) is 15.1. The highest BCUT2D eigenvalue weighted by atomic mass is 35.5. The molecular weight excluding hydrogens is 220 g/mol. The Balaban J connectivity index is 3.07. The van der Waals surface area contributed by atoms with Gasteiger partial charge >= 0.3 is 0 Å². The van der Waals surface area contributed by atoms with Gasteiger partial charge in [-0.15, -0.1) is 0 Å². The Morgan fingerprint density at radius 2 is 1.62 bits per heavy atom. The number of hydrogen-bond donors (Lipinski definition) is 2. The van der Waals surface area contributed by atoms with Crippen molar-refractivity contribution < 1.29 is 0 Å². The summed E-state index contributed by atoms with van der Waals surface area (Å²) in [7, 11) is 0. The molecule has 0 bridgehead atoms. The van der Waals surface area contributed by atoms with E-state index in [1.807, 2.05) is 6.07 Å². The fourth-order valence-electron chi connectivity index (χ4n) is 1.91. The molecule has 16 heavy (non-hydrogen) atoms. The molecule has 0 heterocycles. The number of hydrogen-bond acceptors (Lipinski definition) is 2. The van der Waals surface area contributed by atoms with Gasteiger partial charge in [0, 0.05) is 5.02 Å². The average molecular weight is 241 g/mol. The lowest BCUT2D eigenvalue weighted by molar-refractivity contribution is 0.466. The second-order valence-corrected chi connectivity index (χ2v) is 4.89. The Morgan fingerprint density at radius 1 is 1.12 bits per heavy atom. The molecular formula is C13H21ClN2. The number of aryl methyl sites for hydroxylation is 2. The Hall–Kier alpha value is -0.570. The first-order valence-corrected chi connectivity index (χ1v) is 6.05. The zero-order chi connectivity index (χ0) is 12.3. The monoisotopic (exact) mass is 240 g/mol. The highest BCUT2D eigenvalue weighted by molar-refractivity contribution is 6.31. The molecule has 0 aromatic heterocycles. The Labute approximate surface area is 103 Å². The minimum atomic E-state index is 0.291. The fourth-order valence-corrected chi connectivity index (χ4v) is 2.30. The zero-order valence-electron chi connectivity index (χ0n) is 10.3. The van der Waals surface area contributed by atoms with Crippen molar-refractivity contribution in [3.8, 4) is 0 Å². The van der Waals surface area contributed by atoms with Gasteiger partial charge in [0.15, 0.2) is 0 Å². The summed E-state index contributed by atoms with van der Waals surface area (Å²) in [5, 5.41) is 0.822. The highest BCUT2D eigenvalue weighted by Gasteiger charge is 2.19. The molecule has 0 radical (unpaired) electrons. The summed E-state index contributed by atoms with van der Waals surface area (Å²) in [5.74, 6) is 0.599. The number of nitrogens with two attached hydrogens (primary N) is 2. The van der Waals surface area contributed by atoms with Crippen molar-refractivity contribution in [2.45, 2.75) is 26.7 Å². The van der Waals surface area contributed by atoms with Crippen LogP contribution in [0.3, 0.4) is 0 Å². The second-order valence-electron chi connectivity index (χ2n) is 4.48. The molecule has 1 aromatic rings. The zero-order valence-corrected chi connectivity index (χ0v) is 11.0. The maximum atomic E-state index is 6.27. The van der Waals surface area contributed by atoms with E-state index in [9.17, 15) is 0 Å². The quantitative estimate of drug-likeness (QED) is 0.850. The third-order valence-corrected chi connectivity index (χ3v) is 3.74. The van der Waals surface area contributed by atoms with Crippen LogP contribution in [0.4, 0.5) is 0 Å². The van der Waals surface area contributed by atoms with E-state index in [0.29, 0.717) is 24.9 Å². The average Bonchev–Trinajstić information content (AvgIpc) is 2.25. The molecule has 0 aliphatic rings. The van der Waals surface area contributed by atoms with E-state index in [1.54, 1.807) is 0 Å². The Morgan fingerprint density at radius 3 is 2.12 bits per heavy atom. The van der Waals surface area contributed by atoms with Crippen molar-refractivity contribution in [1.82, 2.24) is 0 Å². The molecule has 1 rings (SSSR count). The summed E-state index contributed by atoms with van der Waals surface area (Å²) in [4.78, 5) is 0. The van der Waals surface area contributed by atoms with Crippen molar-refractivity contribution in [3.05, 3.63) is 33.8 Å². The smallest absolute Gasteiger partial charge is 0.0443 e. The highest BCUT2D eigenvalue weighted by Crippen LogP contribution is 2.31. The molecule has 0 aliphatic carbocycles. The van der Waals surface area contributed by atoms with Gasteiger partial charge in [-0.1, -0.05) is 24.6 Å². The molecule has 0 aliphatic heterocycles. The first-order valence-electron chi connectivity index (χ1n) is 5.68. The predicted molar refractivity (Wildman–Crippen MR) is 70.9 cm³/mol. The molecule has 2 nitrogen and oxygen atoms in total. The van der Waals surface area contributed by atoms with Gasteiger partial charge in [0.05, 0.1) is 0 Å². The lowest BCUT2D eigenvalue weighted by atomic mass is 9.86. The standard InChI is InChI=1S/C13H21ClN2/c1-8-4-12(13(14)5-9(8)2)10(3)11(6-15)7-16/h4-5,10-11H,6-7,15-16H2,1-3H3. The third-order valence-electron chi connectivity index (χ3n) is 3.42. The van der Waals surface area contributed by atoms with E-state index in [4.69, 9.17) is 23.1 Å². The van der Waals surface area contributed by atoms with Crippen molar-refractivity contribution in [3.63, 3.8) is 0 Å². The van der Waals surface area contributed by atoms with Crippen LogP contribution in [0, 0.1) is 19.8 Å². The lowest BCUT2D eigenvalue weighted by Crippen LogP contribution is -2.28. The third kappa shape index (κ3) is 2.76. The van der Waals surface area contributed by atoms with E-state index in [-0.39, 0.29) is 0 Å². The van der Waals surface area contributed by atoms with Crippen LogP contribution in [0.5, 0.6) is 0 Å². The molecule has 90 valence electrons. The first kappa shape index (κ1) is 13.5. The summed E-state index contributed by atoms with van der Waals surface area (Å²) in [6.45, 7) is 7.50. The largest absolute Gasteiger partial charge is 0.330 e. The predicted octanol–water partition coefficient (Wildman–Crippen LogP) is 2.59. The fraction of sp³-hybridized carbons (Fsp3) is 0.538. The van der Waals surface area contributed by atoms with Crippen LogP contribution in [-0.4, -0.2) is 13.1 Å². The molecule has 3 heteroatoms. The maximum Gasteiger partial charge on any atom is 0.0443 e. The molecule has 0 fully saturated rings. The molecule has 0 amide bonds. The van der Waals surface area contributed by atoms with Crippen LogP contribution >= 0.6 is 11.6 Å². The van der Waals surface area contributed by atoms with Gasteiger partial charge in [-0.05, 0) is 61.5 Å². The van der Waals surface area contributed by atoms with E-state index in [0.717, 1.165) is 10.6 Å². The van der Waals surface area contributed by atoms with Gasteiger partial charge in [0.25, 0.3) is 0 Å². The van der Waals surface area contributed by atoms with Crippen molar-refractivity contribution in [2.24, 2.45) is 17.4 Å². The van der Waals surface area contributed by atoms with Gasteiger partial charge in [-0.25, -0.2) is 0 Å². The molecule has 1 unspecified atom stereocenters. The van der Waals surface area contributed by atoms with Crippen LogP contribution in [0.2, 0.25) is 5.02 Å². The summed E-state index contributed by atoms with van der Waals surface area (Å²) < 4.78 is 0. The van der Waals surface area contributed by atoms with Crippen molar-refractivity contribution in [2.75, 3.05) is 13.1 Å². The molecule has 0 spiro atoms. The molecule has 0 saturated carbocycles. The van der Waals surface area contributed by atoms with Gasteiger partial charge in [0.2, 0.25) is 0 Å².